The summed E-state index contributed by atoms with van der Waals surface area (Å²) in [4.78, 5) is 27.5. The molecule has 0 saturated carbocycles. The van der Waals surface area contributed by atoms with E-state index in [0.29, 0.717) is 12.1 Å². The van der Waals surface area contributed by atoms with Crippen LogP contribution in [0.25, 0.3) is 33.3 Å². The molecule has 0 aliphatic carbocycles. The van der Waals surface area contributed by atoms with Crippen molar-refractivity contribution >= 4 is 28.0 Å². The second-order valence-corrected chi connectivity index (χ2v) is 7.72. The fourth-order valence-electron chi connectivity index (χ4n) is 3.68. The molecule has 3 heterocycles. The van der Waals surface area contributed by atoms with E-state index < -0.39 is 0 Å². The Balaban J connectivity index is 1.47. The molecule has 1 amide bonds. The van der Waals surface area contributed by atoms with Gasteiger partial charge in [0.05, 0.1) is 24.1 Å². The van der Waals surface area contributed by atoms with E-state index in [9.17, 15) is 4.79 Å². The second-order valence-electron chi connectivity index (χ2n) is 7.72. The number of nitrogens with zero attached hydrogens (tertiary/aromatic N) is 5. The number of carbonyl (C=O) groups excluding carboxylic acids is 1. The van der Waals surface area contributed by atoms with E-state index in [1.807, 2.05) is 54.9 Å². The van der Waals surface area contributed by atoms with E-state index in [4.69, 9.17) is 4.98 Å². The lowest BCUT2D eigenvalue weighted by Gasteiger charge is -2.10. The van der Waals surface area contributed by atoms with Crippen LogP contribution in [0.2, 0.25) is 0 Å². The molecular weight excluding hydrogens is 386 g/mol. The number of hydrogen-bond donors (Lipinski definition) is 0. The van der Waals surface area contributed by atoms with Crippen LogP contribution in [-0.4, -0.2) is 44.4 Å². The highest BCUT2D eigenvalue weighted by Gasteiger charge is 2.11. The maximum atomic E-state index is 12.1. The third kappa shape index (κ3) is 3.64. The number of imidazole rings is 1. The molecule has 0 spiro atoms. The first-order chi connectivity index (χ1) is 15.1. The van der Waals surface area contributed by atoms with E-state index in [0.717, 1.165) is 33.3 Å². The Morgan fingerprint density at radius 2 is 1.74 bits per heavy atom. The SMILES string of the molecule is CN(C)C(=O)c1ccc(-c2ccc3ncn(Cc4ccc5ncccc5c4)c3n2)cc1. The van der Waals surface area contributed by atoms with Crippen LogP contribution in [0.3, 0.4) is 0 Å². The minimum absolute atomic E-state index is 0.0152. The van der Waals surface area contributed by atoms with Gasteiger partial charge >= 0.3 is 0 Å². The molecular formula is C25H21N5O. The molecule has 0 aliphatic rings. The lowest BCUT2D eigenvalue weighted by molar-refractivity contribution is 0.0827. The van der Waals surface area contributed by atoms with Gasteiger partial charge in [0.2, 0.25) is 0 Å². The highest BCUT2D eigenvalue weighted by atomic mass is 16.2. The number of amides is 1. The second kappa shape index (κ2) is 7.65. The molecule has 3 aromatic heterocycles. The number of fused-ring (bicyclic) bond motifs is 2. The molecule has 0 aliphatic heterocycles. The van der Waals surface area contributed by atoms with E-state index in [1.165, 1.54) is 5.56 Å². The van der Waals surface area contributed by atoms with Crippen LogP contribution in [0.5, 0.6) is 0 Å². The third-order valence-electron chi connectivity index (χ3n) is 5.32. The van der Waals surface area contributed by atoms with Crippen molar-refractivity contribution in [3.05, 3.63) is 90.4 Å². The molecule has 2 aromatic carbocycles. The molecule has 152 valence electrons. The van der Waals surface area contributed by atoms with Gasteiger partial charge in [-0.25, -0.2) is 9.97 Å². The minimum atomic E-state index is -0.0152. The van der Waals surface area contributed by atoms with E-state index in [-0.39, 0.29) is 5.91 Å². The molecule has 0 bridgehead atoms. The van der Waals surface area contributed by atoms with Gasteiger partial charge in [-0.1, -0.05) is 24.3 Å². The quantitative estimate of drug-likeness (QED) is 0.443. The topological polar surface area (TPSA) is 63.9 Å². The number of hydrogen-bond acceptors (Lipinski definition) is 4. The van der Waals surface area contributed by atoms with Gasteiger partial charge in [-0.15, -0.1) is 0 Å². The first kappa shape index (κ1) is 18.9. The Kier molecular flexibility index (Phi) is 4.67. The number of aromatic nitrogens is 4. The summed E-state index contributed by atoms with van der Waals surface area (Å²) in [5, 5.41) is 1.12. The first-order valence-electron chi connectivity index (χ1n) is 10.1. The molecule has 0 N–H and O–H groups in total. The summed E-state index contributed by atoms with van der Waals surface area (Å²) >= 11 is 0. The predicted octanol–water partition coefficient (Wildman–Crippen LogP) is 4.40. The molecule has 0 saturated heterocycles. The largest absolute Gasteiger partial charge is 0.345 e. The van der Waals surface area contributed by atoms with Crippen LogP contribution in [0.15, 0.2) is 79.3 Å². The van der Waals surface area contributed by atoms with Crippen molar-refractivity contribution in [2.75, 3.05) is 14.1 Å². The standard InChI is InChI=1S/C25H21N5O/c1-29(2)25(31)19-8-6-18(7-9-19)22-11-12-23-24(28-22)30(16-27-23)15-17-5-10-21-20(14-17)4-3-13-26-21/h3-14,16H,15H2,1-2H3. The van der Waals surface area contributed by atoms with Gasteiger partial charge in [0.1, 0.15) is 5.52 Å². The summed E-state index contributed by atoms with van der Waals surface area (Å²) < 4.78 is 2.06. The zero-order chi connectivity index (χ0) is 21.4. The lowest BCUT2D eigenvalue weighted by atomic mass is 10.1. The van der Waals surface area contributed by atoms with Crippen molar-refractivity contribution in [2.45, 2.75) is 6.54 Å². The maximum Gasteiger partial charge on any atom is 0.253 e. The summed E-state index contributed by atoms with van der Waals surface area (Å²) in [5.41, 5.74) is 6.30. The first-order valence-corrected chi connectivity index (χ1v) is 10.1. The molecule has 6 nitrogen and oxygen atoms in total. The molecule has 6 heteroatoms. The summed E-state index contributed by atoms with van der Waals surface area (Å²) in [6.45, 7) is 0.675. The zero-order valence-corrected chi connectivity index (χ0v) is 17.4. The summed E-state index contributed by atoms with van der Waals surface area (Å²) in [6, 6.07) is 21.8. The van der Waals surface area contributed by atoms with Gasteiger partial charge in [-0.3, -0.25) is 9.78 Å². The number of rotatable bonds is 4. The molecule has 0 radical (unpaired) electrons. The van der Waals surface area contributed by atoms with Gasteiger partial charge in [0.15, 0.2) is 5.65 Å². The van der Waals surface area contributed by atoms with Gasteiger partial charge < -0.3 is 9.47 Å². The summed E-state index contributed by atoms with van der Waals surface area (Å²) in [6.07, 6.45) is 3.63. The van der Waals surface area contributed by atoms with Gasteiger partial charge in [-0.2, -0.15) is 0 Å². The van der Waals surface area contributed by atoms with Crippen molar-refractivity contribution in [3.63, 3.8) is 0 Å². The maximum absolute atomic E-state index is 12.1. The Morgan fingerprint density at radius 3 is 2.55 bits per heavy atom. The highest BCUT2D eigenvalue weighted by Crippen LogP contribution is 2.22. The fourth-order valence-corrected chi connectivity index (χ4v) is 3.68. The van der Waals surface area contributed by atoms with Crippen molar-refractivity contribution in [1.82, 2.24) is 24.4 Å². The average Bonchev–Trinajstić information content (AvgIpc) is 3.20. The molecule has 0 unspecified atom stereocenters. The Morgan fingerprint density at radius 1 is 0.935 bits per heavy atom. The van der Waals surface area contributed by atoms with Crippen LogP contribution in [0, 0.1) is 0 Å². The van der Waals surface area contributed by atoms with Gasteiger partial charge in [0, 0.05) is 36.8 Å². The van der Waals surface area contributed by atoms with Crippen LogP contribution in [0.4, 0.5) is 0 Å². The van der Waals surface area contributed by atoms with Crippen LogP contribution in [-0.2, 0) is 6.54 Å². The van der Waals surface area contributed by atoms with Crippen molar-refractivity contribution < 1.29 is 4.79 Å². The van der Waals surface area contributed by atoms with Gasteiger partial charge in [-0.05, 0) is 48.0 Å². The Bertz CT molecular complexity index is 1400. The van der Waals surface area contributed by atoms with Crippen molar-refractivity contribution in [1.29, 1.82) is 0 Å². The van der Waals surface area contributed by atoms with Crippen LogP contribution < -0.4 is 0 Å². The monoisotopic (exact) mass is 407 g/mol. The third-order valence-corrected chi connectivity index (χ3v) is 5.32. The van der Waals surface area contributed by atoms with Crippen LogP contribution >= 0.6 is 0 Å². The Labute approximate surface area is 179 Å². The Hall–Kier alpha value is -4.06. The number of pyridine rings is 2. The fraction of sp³-hybridized carbons (Fsp3) is 0.120. The van der Waals surface area contributed by atoms with E-state index >= 15 is 0 Å². The molecule has 31 heavy (non-hydrogen) atoms. The summed E-state index contributed by atoms with van der Waals surface area (Å²) in [5.74, 6) is -0.0152. The van der Waals surface area contributed by atoms with Gasteiger partial charge in [0.25, 0.3) is 5.91 Å². The number of benzene rings is 2. The van der Waals surface area contributed by atoms with Crippen LogP contribution in [0.1, 0.15) is 15.9 Å². The lowest BCUT2D eigenvalue weighted by Crippen LogP contribution is -2.21. The highest BCUT2D eigenvalue weighted by molar-refractivity contribution is 5.94. The molecule has 0 fully saturated rings. The van der Waals surface area contributed by atoms with Crippen molar-refractivity contribution in [3.8, 4) is 11.3 Å². The minimum Gasteiger partial charge on any atom is -0.345 e. The predicted molar refractivity (Wildman–Crippen MR) is 122 cm³/mol. The molecule has 0 atom stereocenters. The molecule has 5 rings (SSSR count). The summed E-state index contributed by atoms with van der Waals surface area (Å²) in [7, 11) is 3.50. The zero-order valence-electron chi connectivity index (χ0n) is 17.4. The van der Waals surface area contributed by atoms with E-state index in [2.05, 4.69) is 32.7 Å². The number of carbonyl (C=O) groups is 1. The smallest absolute Gasteiger partial charge is 0.253 e. The average molecular weight is 407 g/mol. The normalized spacial score (nSPS) is 11.2. The van der Waals surface area contributed by atoms with E-state index in [1.54, 1.807) is 25.2 Å². The van der Waals surface area contributed by atoms with Crippen molar-refractivity contribution in [2.24, 2.45) is 0 Å². The molecule has 5 aromatic rings.